The Morgan fingerprint density at radius 2 is 1.81 bits per heavy atom. The number of thioether (sulfide) groups is 1. The number of likely N-dealkylation sites (N-methyl/N-ethyl adjacent to an activating group) is 1. The fourth-order valence-corrected chi connectivity index (χ4v) is 9.70. The molecule has 37 heavy (non-hydrogen) atoms. The number of likely N-dealkylation sites (tertiary alicyclic amines) is 1. The SMILES string of the molecule is C=CCN(C)C(=O)[C@@H]1[C@H]2C(=O)N([C@@H](CO)CC(C)C)C(C(=O)N(CC=C)C3CCCCC3)C23CC[C@H]1S3. The van der Waals surface area contributed by atoms with Gasteiger partial charge in [0.1, 0.15) is 6.04 Å². The molecule has 3 amide bonds. The Balaban J connectivity index is 1.77. The molecule has 4 fully saturated rings. The lowest BCUT2D eigenvalue weighted by molar-refractivity contribution is -0.148. The van der Waals surface area contributed by atoms with Gasteiger partial charge < -0.3 is 19.8 Å². The Morgan fingerprint density at radius 3 is 2.41 bits per heavy atom. The van der Waals surface area contributed by atoms with Crippen LogP contribution in [0.25, 0.3) is 0 Å². The van der Waals surface area contributed by atoms with E-state index in [2.05, 4.69) is 27.0 Å². The molecule has 206 valence electrons. The van der Waals surface area contributed by atoms with Gasteiger partial charge in [-0.15, -0.1) is 24.9 Å². The van der Waals surface area contributed by atoms with E-state index in [0.29, 0.717) is 19.5 Å². The summed E-state index contributed by atoms with van der Waals surface area (Å²) < 4.78 is -0.632. The van der Waals surface area contributed by atoms with Crippen LogP contribution in [0, 0.1) is 17.8 Å². The molecular formula is C29H45N3O4S. The quantitative estimate of drug-likeness (QED) is 0.413. The summed E-state index contributed by atoms with van der Waals surface area (Å²) in [5.41, 5.74) is 0. The zero-order valence-electron chi connectivity index (χ0n) is 22.8. The number of amides is 3. The standard InChI is InChI=1S/C29H45N3O4S/c1-6-15-30(5)26(34)23-22-13-14-29(37-22)24(23)27(35)32(21(18-33)17-19(3)4)25(29)28(36)31(16-7-2)20-11-9-8-10-12-20/h6-7,19-25,33H,1-2,8-18H2,3-5H3/t21-,22-,23+,24+,25?,29?/m1/s1. The third kappa shape index (κ3) is 4.88. The van der Waals surface area contributed by atoms with E-state index in [1.807, 2.05) is 4.90 Å². The fourth-order valence-electron chi connectivity index (χ4n) is 7.51. The van der Waals surface area contributed by atoms with Crippen LogP contribution >= 0.6 is 11.8 Å². The van der Waals surface area contributed by atoms with Gasteiger partial charge in [-0.2, -0.15) is 0 Å². The lowest BCUT2D eigenvalue weighted by atomic mass is 9.70. The van der Waals surface area contributed by atoms with Gasteiger partial charge in [-0.05, 0) is 38.0 Å². The van der Waals surface area contributed by atoms with Gasteiger partial charge in [-0.1, -0.05) is 45.3 Å². The molecule has 1 saturated carbocycles. The Kier molecular flexibility index (Phi) is 8.79. The van der Waals surface area contributed by atoms with E-state index in [0.717, 1.165) is 38.5 Å². The van der Waals surface area contributed by atoms with Gasteiger partial charge in [-0.25, -0.2) is 0 Å². The maximum absolute atomic E-state index is 14.6. The van der Waals surface area contributed by atoms with Crippen molar-refractivity contribution in [3.8, 4) is 0 Å². The zero-order chi connectivity index (χ0) is 26.9. The topological polar surface area (TPSA) is 81.2 Å². The van der Waals surface area contributed by atoms with Crippen molar-refractivity contribution in [2.45, 2.75) is 93.3 Å². The second-order valence-corrected chi connectivity index (χ2v) is 13.4. The van der Waals surface area contributed by atoms with Crippen molar-refractivity contribution in [3.63, 3.8) is 0 Å². The van der Waals surface area contributed by atoms with E-state index in [9.17, 15) is 19.5 Å². The predicted molar refractivity (Wildman–Crippen MR) is 148 cm³/mol. The number of nitrogens with zero attached hydrogens (tertiary/aromatic N) is 3. The summed E-state index contributed by atoms with van der Waals surface area (Å²) in [7, 11) is 1.76. The number of carbonyl (C=O) groups is 3. The molecule has 2 bridgehead atoms. The van der Waals surface area contributed by atoms with E-state index < -0.39 is 28.7 Å². The van der Waals surface area contributed by atoms with E-state index in [1.54, 1.807) is 40.8 Å². The number of hydrogen-bond acceptors (Lipinski definition) is 5. The summed E-state index contributed by atoms with van der Waals surface area (Å²) in [4.78, 5) is 47.9. The van der Waals surface area contributed by atoms with Crippen molar-refractivity contribution in [2.24, 2.45) is 17.8 Å². The number of aliphatic hydroxyl groups excluding tert-OH is 1. The fraction of sp³-hybridized carbons (Fsp3) is 0.759. The first kappa shape index (κ1) is 28.2. The monoisotopic (exact) mass is 531 g/mol. The molecule has 0 aromatic carbocycles. The molecule has 4 rings (SSSR count). The van der Waals surface area contributed by atoms with Gasteiger partial charge >= 0.3 is 0 Å². The summed E-state index contributed by atoms with van der Waals surface area (Å²) in [6, 6.07) is -0.968. The maximum Gasteiger partial charge on any atom is 0.247 e. The number of hydrogen-bond donors (Lipinski definition) is 1. The van der Waals surface area contributed by atoms with Crippen molar-refractivity contribution in [3.05, 3.63) is 25.3 Å². The van der Waals surface area contributed by atoms with Crippen LogP contribution in [-0.2, 0) is 14.4 Å². The molecule has 1 aliphatic carbocycles. The smallest absolute Gasteiger partial charge is 0.247 e. The number of fused-ring (bicyclic) bond motifs is 1. The van der Waals surface area contributed by atoms with E-state index in [-0.39, 0.29) is 41.5 Å². The molecule has 6 atom stereocenters. The second-order valence-electron chi connectivity index (χ2n) is 11.8. The maximum atomic E-state index is 14.6. The lowest BCUT2D eigenvalue weighted by Crippen LogP contribution is -2.59. The highest BCUT2D eigenvalue weighted by molar-refractivity contribution is 8.02. The van der Waals surface area contributed by atoms with Crippen LogP contribution < -0.4 is 0 Å². The third-order valence-corrected chi connectivity index (χ3v) is 11.0. The first-order valence-electron chi connectivity index (χ1n) is 14.1. The van der Waals surface area contributed by atoms with Gasteiger partial charge in [0.15, 0.2) is 0 Å². The first-order chi connectivity index (χ1) is 17.7. The minimum atomic E-state index is -0.666. The Hall–Kier alpha value is -1.80. The molecule has 3 aliphatic heterocycles. The van der Waals surface area contributed by atoms with E-state index >= 15 is 0 Å². The number of rotatable bonds is 11. The van der Waals surface area contributed by atoms with E-state index in [4.69, 9.17) is 0 Å². The molecule has 0 aromatic heterocycles. The molecule has 1 N–H and O–H groups in total. The minimum absolute atomic E-state index is 0.0226. The van der Waals surface area contributed by atoms with Crippen molar-refractivity contribution < 1.29 is 19.5 Å². The number of carbonyl (C=O) groups excluding carboxylic acids is 3. The first-order valence-corrected chi connectivity index (χ1v) is 15.0. The van der Waals surface area contributed by atoms with Gasteiger partial charge in [-0.3, -0.25) is 14.4 Å². The van der Waals surface area contributed by atoms with Crippen LogP contribution in [-0.4, -0.2) is 92.4 Å². The predicted octanol–water partition coefficient (Wildman–Crippen LogP) is 3.48. The largest absolute Gasteiger partial charge is 0.394 e. The van der Waals surface area contributed by atoms with Crippen molar-refractivity contribution >= 4 is 29.5 Å². The number of aliphatic hydroxyl groups is 1. The van der Waals surface area contributed by atoms with Crippen LogP contribution in [0.5, 0.6) is 0 Å². The highest BCUT2D eigenvalue weighted by Crippen LogP contribution is 2.67. The molecule has 2 unspecified atom stereocenters. The summed E-state index contributed by atoms with van der Waals surface area (Å²) in [5.74, 6) is -0.919. The molecule has 3 saturated heterocycles. The summed E-state index contributed by atoms with van der Waals surface area (Å²) in [5, 5.41) is 10.5. The average Bonchev–Trinajstić information content (AvgIpc) is 3.53. The van der Waals surface area contributed by atoms with Crippen LogP contribution in [0.2, 0.25) is 0 Å². The summed E-state index contributed by atoms with van der Waals surface area (Å²) in [6.07, 6.45) is 11.0. The summed E-state index contributed by atoms with van der Waals surface area (Å²) >= 11 is 1.70. The second kappa shape index (κ2) is 11.5. The highest BCUT2D eigenvalue weighted by Gasteiger charge is 2.74. The van der Waals surface area contributed by atoms with Crippen molar-refractivity contribution in [1.29, 1.82) is 0 Å². The molecule has 4 aliphatic rings. The Bertz CT molecular complexity index is 904. The van der Waals surface area contributed by atoms with Crippen LogP contribution in [0.3, 0.4) is 0 Å². The molecular weight excluding hydrogens is 486 g/mol. The molecule has 3 heterocycles. The van der Waals surface area contributed by atoms with Crippen molar-refractivity contribution in [1.82, 2.24) is 14.7 Å². The molecule has 8 heteroatoms. The highest BCUT2D eigenvalue weighted by atomic mass is 32.2. The minimum Gasteiger partial charge on any atom is -0.394 e. The van der Waals surface area contributed by atoms with Crippen molar-refractivity contribution in [2.75, 3.05) is 26.7 Å². The van der Waals surface area contributed by atoms with Gasteiger partial charge in [0.25, 0.3) is 0 Å². The Labute approximate surface area is 226 Å². The van der Waals surface area contributed by atoms with Crippen LogP contribution in [0.1, 0.15) is 65.2 Å². The third-order valence-electron chi connectivity index (χ3n) is 9.01. The zero-order valence-corrected chi connectivity index (χ0v) is 23.6. The van der Waals surface area contributed by atoms with Crippen LogP contribution in [0.4, 0.5) is 0 Å². The molecule has 7 nitrogen and oxygen atoms in total. The van der Waals surface area contributed by atoms with Gasteiger partial charge in [0.2, 0.25) is 17.7 Å². The van der Waals surface area contributed by atoms with Gasteiger partial charge in [0, 0.05) is 31.4 Å². The summed E-state index contributed by atoms with van der Waals surface area (Å²) in [6.45, 7) is 12.5. The normalized spacial score (nSPS) is 31.9. The Morgan fingerprint density at radius 1 is 1.14 bits per heavy atom. The lowest BCUT2D eigenvalue weighted by Gasteiger charge is -2.43. The van der Waals surface area contributed by atoms with Crippen LogP contribution in [0.15, 0.2) is 25.3 Å². The molecule has 0 aromatic rings. The molecule has 1 spiro atoms. The van der Waals surface area contributed by atoms with E-state index in [1.165, 1.54) is 6.42 Å². The average molecular weight is 532 g/mol. The molecule has 0 radical (unpaired) electrons. The van der Waals surface area contributed by atoms with Gasteiger partial charge in [0.05, 0.1) is 29.2 Å².